The zero-order chi connectivity index (χ0) is 14.8. The Morgan fingerprint density at radius 1 is 1.10 bits per heavy atom. The van der Waals surface area contributed by atoms with Gasteiger partial charge in [-0.3, -0.25) is 14.5 Å². The zero-order valence-electron chi connectivity index (χ0n) is 10.4. The van der Waals surface area contributed by atoms with Crippen LogP contribution >= 0.6 is 0 Å². The third kappa shape index (κ3) is 3.71. The molecule has 0 amide bonds. The van der Waals surface area contributed by atoms with Gasteiger partial charge in [0.1, 0.15) is 4.90 Å². The van der Waals surface area contributed by atoms with Crippen molar-refractivity contribution in [1.82, 2.24) is 10.2 Å². The van der Waals surface area contributed by atoms with Crippen LogP contribution in [0.3, 0.4) is 0 Å². The van der Waals surface area contributed by atoms with E-state index in [1.807, 2.05) is 0 Å². The van der Waals surface area contributed by atoms with Crippen molar-refractivity contribution in [3.8, 4) is 0 Å². The van der Waals surface area contributed by atoms with Crippen molar-refractivity contribution in [2.45, 2.75) is 4.90 Å². The van der Waals surface area contributed by atoms with E-state index in [1.54, 1.807) is 0 Å². The van der Waals surface area contributed by atoms with Crippen LogP contribution in [-0.2, 0) is 20.0 Å². The number of benzene rings is 1. The number of hydrogen-bond acceptors (Lipinski definition) is 5. The number of nitrogens with zero attached hydrogens (tertiary/aromatic N) is 1. The fourth-order valence-corrected chi connectivity index (χ4v) is 2.97. The maximum Gasteiger partial charge on any atom is 0.265 e. The summed E-state index contributed by atoms with van der Waals surface area (Å²) < 4.78 is 50.7. The molecule has 10 heteroatoms. The molecule has 3 N–H and O–H groups in total. The summed E-state index contributed by atoms with van der Waals surface area (Å²) in [5.41, 5.74) is 0.500. The van der Waals surface area contributed by atoms with E-state index in [-0.39, 0.29) is 16.3 Å². The summed E-state index contributed by atoms with van der Waals surface area (Å²) in [6.45, 7) is 0. The minimum atomic E-state index is -3.75. The van der Waals surface area contributed by atoms with Crippen LogP contribution in [0, 0.1) is 0 Å². The van der Waals surface area contributed by atoms with Crippen LogP contribution in [0.1, 0.15) is 0 Å². The van der Waals surface area contributed by atoms with E-state index >= 15 is 0 Å². The average Bonchev–Trinajstić information content (AvgIpc) is 2.80. The molecule has 0 bridgehead atoms. The molecule has 1 aromatic heterocycles. The molecule has 1 aromatic carbocycles. The molecule has 0 aliphatic rings. The average molecular weight is 316 g/mol. The van der Waals surface area contributed by atoms with Crippen molar-refractivity contribution < 1.29 is 16.8 Å². The monoisotopic (exact) mass is 316 g/mol. The van der Waals surface area contributed by atoms with E-state index in [9.17, 15) is 16.8 Å². The minimum absolute atomic E-state index is 0.0148. The Morgan fingerprint density at radius 3 is 2.30 bits per heavy atom. The Bertz CT molecular complexity index is 798. The van der Waals surface area contributed by atoms with Crippen LogP contribution in [0.4, 0.5) is 11.4 Å². The molecule has 2 aromatic rings. The third-order valence-corrected chi connectivity index (χ3v) is 4.16. The van der Waals surface area contributed by atoms with Crippen LogP contribution in [0.5, 0.6) is 0 Å². The lowest BCUT2D eigenvalue weighted by Gasteiger charge is -2.08. The van der Waals surface area contributed by atoms with Crippen molar-refractivity contribution in [2.75, 3.05) is 15.7 Å². The Morgan fingerprint density at radius 2 is 1.75 bits per heavy atom. The number of anilines is 2. The van der Waals surface area contributed by atoms with Gasteiger partial charge in [-0.05, 0) is 18.2 Å². The van der Waals surface area contributed by atoms with Gasteiger partial charge in [-0.15, -0.1) is 0 Å². The molecule has 0 aliphatic carbocycles. The highest BCUT2D eigenvalue weighted by Crippen LogP contribution is 2.19. The molecule has 8 nitrogen and oxygen atoms in total. The van der Waals surface area contributed by atoms with Crippen molar-refractivity contribution in [2.24, 2.45) is 0 Å². The third-order valence-electron chi connectivity index (χ3n) is 2.20. The number of sulfonamides is 2. The Labute approximate surface area is 116 Å². The highest BCUT2D eigenvalue weighted by molar-refractivity contribution is 7.92. The maximum atomic E-state index is 11.9. The lowest BCUT2D eigenvalue weighted by Crippen LogP contribution is -2.13. The van der Waals surface area contributed by atoms with Crippen LogP contribution in [0.2, 0.25) is 0 Å². The Hall–Kier alpha value is -2.07. The van der Waals surface area contributed by atoms with Gasteiger partial charge in [0.25, 0.3) is 10.0 Å². The van der Waals surface area contributed by atoms with E-state index in [0.29, 0.717) is 0 Å². The largest absolute Gasteiger partial charge is 0.284 e. The van der Waals surface area contributed by atoms with Gasteiger partial charge in [-0.2, -0.15) is 5.10 Å². The quantitative estimate of drug-likeness (QED) is 0.745. The van der Waals surface area contributed by atoms with Gasteiger partial charge >= 0.3 is 0 Å². The summed E-state index contributed by atoms with van der Waals surface area (Å²) >= 11 is 0. The summed E-state index contributed by atoms with van der Waals surface area (Å²) in [5, 5.41) is 5.96. The van der Waals surface area contributed by atoms with E-state index in [0.717, 1.165) is 6.26 Å². The second kappa shape index (κ2) is 5.13. The first kappa shape index (κ1) is 14.3. The predicted octanol–water partition coefficient (Wildman–Crippen LogP) is 0.582. The molecular formula is C10H12N4O4S2. The van der Waals surface area contributed by atoms with Gasteiger partial charge in [-0.25, -0.2) is 16.8 Å². The molecule has 0 saturated heterocycles. The molecule has 20 heavy (non-hydrogen) atoms. The first-order chi connectivity index (χ1) is 9.26. The molecule has 0 radical (unpaired) electrons. The number of aromatic amines is 1. The molecule has 0 saturated carbocycles. The fourth-order valence-electron chi connectivity index (χ4n) is 1.46. The lowest BCUT2D eigenvalue weighted by molar-refractivity contribution is 0.601. The van der Waals surface area contributed by atoms with Crippen LogP contribution in [0.25, 0.3) is 0 Å². The Balaban J connectivity index is 2.25. The lowest BCUT2D eigenvalue weighted by atomic mass is 10.3. The molecule has 2 rings (SSSR count). The molecule has 0 atom stereocenters. The number of aromatic nitrogens is 2. The van der Waals surface area contributed by atoms with Gasteiger partial charge in [0.15, 0.2) is 0 Å². The normalized spacial score (nSPS) is 12.1. The summed E-state index contributed by atoms with van der Waals surface area (Å²) in [7, 11) is -7.17. The van der Waals surface area contributed by atoms with Gasteiger partial charge in [0, 0.05) is 6.20 Å². The summed E-state index contributed by atoms with van der Waals surface area (Å²) in [4.78, 5) is -0.0148. The number of nitrogens with one attached hydrogen (secondary N) is 3. The molecule has 0 fully saturated rings. The fraction of sp³-hybridized carbons (Fsp3) is 0.100. The topological polar surface area (TPSA) is 121 Å². The van der Waals surface area contributed by atoms with Gasteiger partial charge in [0.05, 0.1) is 23.8 Å². The highest BCUT2D eigenvalue weighted by atomic mass is 32.2. The summed E-state index contributed by atoms with van der Waals surface area (Å²) in [6.07, 6.45) is 3.41. The van der Waals surface area contributed by atoms with Gasteiger partial charge in [-0.1, -0.05) is 6.07 Å². The van der Waals surface area contributed by atoms with Crippen molar-refractivity contribution in [3.63, 3.8) is 0 Å². The second-order valence-electron chi connectivity index (χ2n) is 3.99. The maximum absolute atomic E-state index is 11.9. The number of hydrogen-bond donors (Lipinski definition) is 3. The van der Waals surface area contributed by atoms with Crippen molar-refractivity contribution >= 4 is 31.4 Å². The minimum Gasteiger partial charge on any atom is -0.284 e. The SMILES string of the molecule is CS(=O)(=O)Nc1cccc(NS(=O)(=O)c2cn[nH]c2)c1. The first-order valence-electron chi connectivity index (χ1n) is 5.36. The molecule has 0 unspecified atom stereocenters. The first-order valence-corrected chi connectivity index (χ1v) is 8.73. The number of H-pyrrole nitrogens is 1. The van der Waals surface area contributed by atoms with Gasteiger partial charge in [0.2, 0.25) is 10.0 Å². The van der Waals surface area contributed by atoms with Crippen LogP contribution in [-0.4, -0.2) is 33.3 Å². The standard InChI is InChI=1S/C10H12N4O4S2/c1-19(15,16)13-8-3-2-4-9(5-8)14-20(17,18)10-6-11-12-7-10/h2-7,13-14H,1H3,(H,11,12). The van der Waals surface area contributed by atoms with E-state index in [1.165, 1.54) is 36.7 Å². The molecular weight excluding hydrogens is 304 g/mol. The van der Waals surface area contributed by atoms with Crippen molar-refractivity contribution in [3.05, 3.63) is 36.7 Å². The highest BCUT2D eigenvalue weighted by Gasteiger charge is 2.15. The number of rotatable bonds is 5. The van der Waals surface area contributed by atoms with Crippen LogP contribution < -0.4 is 9.44 Å². The zero-order valence-corrected chi connectivity index (χ0v) is 12.0. The van der Waals surface area contributed by atoms with E-state index < -0.39 is 20.0 Å². The molecule has 0 aliphatic heterocycles. The summed E-state index contributed by atoms with van der Waals surface area (Å²) in [5.74, 6) is 0. The Kier molecular flexibility index (Phi) is 3.68. The van der Waals surface area contributed by atoms with Crippen molar-refractivity contribution in [1.29, 1.82) is 0 Å². The predicted molar refractivity (Wildman–Crippen MR) is 74.3 cm³/mol. The van der Waals surface area contributed by atoms with Crippen LogP contribution in [0.15, 0.2) is 41.6 Å². The van der Waals surface area contributed by atoms with E-state index in [2.05, 4.69) is 19.6 Å². The molecule has 108 valence electrons. The smallest absolute Gasteiger partial charge is 0.265 e. The molecule has 0 spiro atoms. The molecule has 1 heterocycles. The van der Waals surface area contributed by atoms with Gasteiger partial charge < -0.3 is 0 Å². The van der Waals surface area contributed by atoms with E-state index in [4.69, 9.17) is 0 Å². The summed E-state index contributed by atoms with van der Waals surface area (Å²) in [6, 6.07) is 5.92. The second-order valence-corrected chi connectivity index (χ2v) is 7.43.